The minimum Gasteiger partial charge on any atom is -0.298 e. The SMILES string of the molecule is O=Cc1c2ccccc2nc2c1ccc1ccccc12. The number of nitrogens with zero attached hydrogens (tertiary/aromatic N) is 1. The van der Waals surface area contributed by atoms with E-state index in [1.807, 2.05) is 54.6 Å². The van der Waals surface area contributed by atoms with E-state index in [2.05, 4.69) is 6.07 Å². The quantitative estimate of drug-likeness (QED) is 0.288. The molecule has 0 saturated heterocycles. The van der Waals surface area contributed by atoms with Gasteiger partial charge >= 0.3 is 0 Å². The van der Waals surface area contributed by atoms with Crippen molar-refractivity contribution in [3.63, 3.8) is 0 Å². The van der Waals surface area contributed by atoms with Crippen LogP contribution >= 0.6 is 0 Å². The molecule has 0 fully saturated rings. The molecular formula is C18H11NO. The normalized spacial score (nSPS) is 11.2. The molecule has 0 radical (unpaired) electrons. The highest BCUT2D eigenvalue weighted by Crippen LogP contribution is 2.29. The predicted molar refractivity (Wildman–Crippen MR) is 82.1 cm³/mol. The lowest BCUT2D eigenvalue weighted by Crippen LogP contribution is -1.91. The Hall–Kier alpha value is -2.74. The standard InChI is InChI=1S/C18H11NO/c20-11-16-14-7-3-4-8-17(14)19-18-13-6-2-1-5-12(13)9-10-15(16)18/h1-11H. The van der Waals surface area contributed by atoms with E-state index in [1.165, 1.54) is 0 Å². The van der Waals surface area contributed by atoms with Crippen molar-refractivity contribution in [2.24, 2.45) is 0 Å². The van der Waals surface area contributed by atoms with Crippen molar-refractivity contribution >= 4 is 38.9 Å². The summed E-state index contributed by atoms with van der Waals surface area (Å²) in [4.78, 5) is 16.3. The van der Waals surface area contributed by atoms with Crippen LogP contribution in [-0.2, 0) is 0 Å². The highest BCUT2D eigenvalue weighted by Gasteiger charge is 2.10. The molecule has 4 rings (SSSR count). The third-order valence-electron chi connectivity index (χ3n) is 3.74. The highest BCUT2D eigenvalue weighted by molar-refractivity contribution is 6.16. The third-order valence-corrected chi connectivity index (χ3v) is 3.74. The minimum atomic E-state index is 0.719. The number of hydrogen-bond acceptors (Lipinski definition) is 2. The Morgan fingerprint density at radius 2 is 1.50 bits per heavy atom. The third kappa shape index (κ3) is 1.45. The van der Waals surface area contributed by atoms with Crippen LogP contribution in [0.1, 0.15) is 10.4 Å². The van der Waals surface area contributed by atoms with Gasteiger partial charge in [0.2, 0.25) is 0 Å². The average Bonchev–Trinajstić information content (AvgIpc) is 2.52. The van der Waals surface area contributed by atoms with Crippen LogP contribution in [0.15, 0.2) is 60.7 Å². The molecule has 0 amide bonds. The molecule has 20 heavy (non-hydrogen) atoms. The van der Waals surface area contributed by atoms with Gasteiger partial charge in [0.15, 0.2) is 6.29 Å². The second-order valence-corrected chi connectivity index (χ2v) is 4.84. The lowest BCUT2D eigenvalue weighted by Gasteiger charge is -2.08. The second-order valence-electron chi connectivity index (χ2n) is 4.84. The molecule has 0 aliphatic carbocycles. The molecule has 2 nitrogen and oxygen atoms in total. The van der Waals surface area contributed by atoms with Gasteiger partial charge in [0.05, 0.1) is 11.0 Å². The van der Waals surface area contributed by atoms with Gasteiger partial charge in [-0.25, -0.2) is 4.98 Å². The van der Waals surface area contributed by atoms with E-state index in [0.29, 0.717) is 0 Å². The van der Waals surface area contributed by atoms with E-state index in [4.69, 9.17) is 4.98 Å². The van der Waals surface area contributed by atoms with Gasteiger partial charge in [0.25, 0.3) is 0 Å². The summed E-state index contributed by atoms with van der Waals surface area (Å²) in [5.41, 5.74) is 2.47. The smallest absolute Gasteiger partial charge is 0.151 e. The van der Waals surface area contributed by atoms with Crippen molar-refractivity contribution < 1.29 is 4.79 Å². The zero-order valence-electron chi connectivity index (χ0n) is 10.7. The fraction of sp³-hybridized carbons (Fsp3) is 0. The van der Waals surface area contributed by atoms with Crippen LogP contribution in [-0.4, -0.2) is 11.3 Å². The topological polar surface area (TPSA) is 30.0 Å². The summed E-state index contributed by atoms with van der Waals surface area (Å²) in [6, 6.07) is 19.9. The van der Waals surface area contributed by atoms with Crippen LogP contribution in [0.4, 0.5) is 0 Å². The molecule has 0 saturated carbocycles. The molecule has 0 spiro atoms. The van der Waals surface area contributed by atoms with Crippen LogP contribution in [0.5, 0.6) is 0 Å². The van der Waals surface area contributed by atoms with Crippen LogP contribution in [0, 0.1) is 0 Å². The number of aldehydes is 1. The maximum Gasteiger partial charge on any atom is 0.151 e. The Balaban J connectivity index is 2.33. The Morgan fingerprint density at radius 1 is 0.750 bits per heavy atom. The molecule has 0 aliphatic rings. The summed E-state index contributed by atoms with van der Waals surface area (Å²) in [5, 5.41) is 4.04. The summed E-state index contributed by atoms with van der Waals surface area (Å²) >= 11 is 0. The van der Waals surface area contributed by atoms with Crippen molar-refractivity contribution in [2.75, 3.05) is 0 Å². The Morgan fingerprint density at radius 3 is 2.35 bits per heavy atom. The summed E-state index contributed by atoms with van der Waals surface area (Å²) in [7, 11) is 0. The average molecular weight is 257 g/mol. The van der Waals surface area contributed by atoms with E-state index < -0.39 is 0 Å². The molecule has 94 valence electrons. The Bertz CT molecular complexity index is 973. The molecule has 0 bridgehead atoms. The van der Waals surface area contributed by atoms with Crippen molar-refractivity contribution in [3.05, 3.63) is 66.2 Å². The highest BCUT2D eigenvalue weighted by atomic mass is 16.1. The van der Waals surface area contributed by atoms with Crippen molar-refractivity contribution in [1.29, 1.82) is 0 Å². The van der Waals surface area contributed by atoms with E-state index in [1.54, 1.807) is 0 Å². The molecule has 0 unspecified atom stereocenters. The number of pyridine rings is 1. The van der Waals surface area contributed by atoms with Crippen molar-refractivity contribution in [1.82, 2.24) is 4.98 Å². The van der Waals surface area contributed by atoms with Crippen LogP contribution in [0.25, 0.3) is 32.6 Å². The molecule has 1 aromatic heterocycles. The first-order chi connectivity index (χ1) is 9.88. The largest absolute Gasteiger partial charge is 0.298 e. The number of para-hydroxylation sites is 1. The first-order valence-corrected chi connectivity index (χ1v) is 6.54. The van der Waals surface area contributed by atoms with Gasteiger partial charge in [0.1, 0.15) is 0 Å². The zero-order chi connectivity index (χ0) is 13.5. The number of carbonyl (C=O) groups is 1. The zero-order valence-corrected chi connectivity index (χ0v) is 10.7. The molecule has 0 aliphatic heterocycles. The van der Waals surface area contributed by atoms with E-state index in [-0.39, 0.29) is 0 Å². The lowest BCUT2D eigenvalue weighted by molar-refractivity contribution is 0.112. The monoisotopic (exact) mass is 257 g/mol. The predicted octanol–water partition coefficient (Wildman–Crippen LogP) is 4.35. The number of hydrogen-bond donors (Lipinski definition) is 0. The van der Waals surface area contributed by atoms with Gasteiger partial charge in [0, 0.05) is 21.7 Å². The second kappa shape index (κ2) is 4.14. The molecular weight excluding hydrogens is 246 g/mol. The van der Waals surface area contributed by atoms with Gasteiger partial charge in [-0.05, 0) is 11.5 Å². The van der Waals surface area contributed by atoms with Gasteiger partial charge in [-0.15, -0.1) is 0 Å². The molecule has 2 heteroatoms. The number of carbonyl (C=O) groups excluding carboxylic acids is 1. The van der Waals surface area contributed by atoms with Gasteiger partial charge in [-0.1, -0.05) is 54.6 Å². The fourth-order valence-electron chi connectivity index (χ4n) is 2.78. The molecule has 3 aromatic carbocycles. The van der Waals surface area contributed by atoms with Gasteiger partial charge in [-0.3, -0.25) is 4.79 Å². The van der Waals surface area contributed by atoms with Crippen LogP contribution in [0.2, 0.25) is 0 Å². The molecule has 4 aromatic rings. The first kappa shape index (κ1) is 11.1. The van der Waals surface area contributed by atoms with Crippen LogP contribution in [0.3, 0.4) is 0 Å². The first-order valence-electron chi connectivity index (χ1n) is 6.54. The Labute approximate surface area is 115 Å². The molecule has 0 atom stereocenters. The van der Waals surface area contributed by atoms with E-state index >= 15 is 0 Å². The Kier molecular flexibility index (Phi) is 2.30. The lowest BCUT2D eigenvalue weighted by atomic mass is 10.00. The maximum absolute atomic E-state index is 11.5. The fourth-order valence-corrected chi connectivity index (χ4v) is 2.78. The number of aromatic nitrogens is 1. The molecule has 1 heterocycles. The van der Waals surface area contributed by atoms with Gasteiger partial charge < -0.3 is 0 Å². The number of fused-ring (bicyclic) bond motifs is 4. The van der Waals surface area contributed by atoms with Crippen molar-refractivity contribution in [2.45, 2.75) is 0 Å². The number of benzene rings is 3. The van der Waals surface area contributed by atoms with Gasteiger partial charge in [-0.2, -0.15) is 0 Å². The van der Waals surface area contributed by atoms with Crippen molar-refractivity contribution in [3.8, 4) is 0 Å². The van der Waals surface area contributed by atoms with E-state index in [9.17, 15) is 4.79 Å². The summed E-state index contributed by atoms with van der Waals surface area (Å²) in [6.45, 7) is 0. The minimum absolute atomic E-state index is 0.719. The summed E-state index contributed by atoms with van der Waals surface area (Å²) in [6.07, 6.45) is 0.932. The number of rotatable bonds is 1. The molecule has 0 N–H and O–H groups in total. The maximum atomic E-state index is 11.5. The summed E-state index contributed by atoms with van der Waals surface area (Å²) in [5.74, 6) is 0. The van der Waals surface area contributed by atoms with E-state index in [0.717, 1.165) is 44.4 Å². The van der Waals surface area contributed by atoms with Crippen LogP contribution < -0.4 is 0 Å². The summed E-state index contributed by atoms with van der Waals surface area (Å²) < 4.78 is 0.